The molecule has 0 unspecified atom stereocenters. The molecule has 0 amide bonds. The number of hydrogen-bond acceptors (Lipinski definition) is 1. The van der Waals surface area contributed by atoms with Crippen molar-refractivity contribution in [2.24, 2.45) is 0 Å². The quantitative estimate of drug-likeness (QED) is 0.886. The predicted octanol–water partition coefficient (Wildman–Crippen LogP) is 4.39. The van der Waals surface area contributed by atoms with Gasteiger partial charge in [0.1, 0.15) is 5.82 Å². The number of aliphatic hydroxyl groups is 1. The highest BCUT2D eigenvalue weighted by Gasteiger charge is 2.28. The first-order valence-electron chi connectivity index (χ1n) is 7.67. The summed E-state index contributed by atoms with van der Waals surface area (Å²) in [6.07, 6.45) is 2.59. The van der Waals surface area contributed by atoms with E-state index in [1.54, 1.807) is 12.1 Å². The Balaban J connectivity index is 2.10. The lowest BCUT2D eigenvalue weighted by molar-refractivity contribution is 0.276. The summed E-state index contributed by atoms with van der Waals surface area (Å²) in [6.45, 7) is 2.39. The minimum Gasteiger partial charge on any atom is -0.396 e. The SMILES string of the molecule is C[C@@H]1c2cc(F)ccc2Cc2ccccc2[C@H]1CCCO. The molecule has 1 aliphatic rings. The van der Waals surface area contributed by atoms with Crippen molar-refractivity contribution in [2.45, 2.75) is 38.0 Å². The molecule has 0 spiro atoms. The lowest BCUT2D eigenvalue weighted by atomic mass is 9.80. The number of benzene rings is 2. The average Bonchev–Trinajstić information content (AvgIpc) is 2.61. The molecule has 0 aliphatic heterocycles. The minimum absolute atomic E-state index is 0.160. The fourth-order valence-electron chi connectivity index (χ4n) is 3.62. The maximum absolute atomic E-state index is 13.7. The van der Waals surface area contributed by atoms with Crippen LogP contribution in [0.3, 0.4) is 0 Å². The summed E-state index contributed by atoms with van der Waals surface area (Å²) in [7, 11) is 0. The van der Waals surface area contributed by atoms with Gasteiger partial charge >= 0.3 is 0 Å². The maximum Gasteiger partial charge on any atom is 0.123 e. The van der Waals surface area contributed by atoms with Gasteiger partial charge in [0.25, 0.3) is 0 Å². The van der Waals surface area contributed by atoms with Crippen molar-refractivity contribution < 1.29 is 9.50 Å². The summed E-state index contributed by atoms with van der Waals surface area (Å²) in [4.78, 5) is 0. The molecule has 110 valence electrons. The summed E-state index contributed by atoms with van der Waals surface area (Å²) < 4.78 is 13.7. The fourth-order valence-corrected chi connectivity index (χ4v) is 3.62. The normalized spacial score (nSPS) is 20.5. The van der Waals surface area contributed by atoms with E-state index in [0.29, 0.717) is 5.92 Å². The van der Waals surface area contributed by atoms with Crippen LogP contribution in [-0.2, 0) is 6.42 Å². The van der Waals surface area contributed by atoms with Gasteiger partial charge in [-0.1, -0.05) is 37.3 Å². The zero-order valence-corrected chi connectivity index (χ0v) is 12.3. The Labute approximate surface area is 125 Å². The molecule has 1 nitrogen and oxygen atoms in total. The molecule has 1 N–H and O–H groups in total. The Morgan fingerprint density at radius 1 is 1.10 bits per heavy atom. The molecule has 0 bridgehead atoms. The van der Waals surface area contributed by atoms with Gasteiger partial charge in [0.15, 0.2) is 0 Å². The van der Waals surface area contributed by atoms with Gasteiger partial charge in [-0.2, -0.15) is 0 Å². The Kier molecular flexibility index (Phi) is 4.07. The van der Waals surface area contributed by atoms with E-state index in [4.69, 9.17) is 0 Å². The molecular weight excluding hydrogens is 263 g/mol. The van der Waals surface area contributed by atoms with Gasteiger partial charge in [0, 0.05) is 6.61 Å². The Hall–Kier alpha value is -1.67. The first-order chi connectivity index (χ1) is 10.2. The highest BCUT2D eigenvalue weighted by Crippen LogP contribution is 2.42. The average molecular weight is 284 g/mol. The van der Waals surface area contributed by atoms with Crippen molar-refractivity contribution in [1.29, 1.82) is 0 Å². The maximum atomic E-state index is 13.7. The summed E-state index contributed by atoms with van der Waals surface area (Å²) in [5, 5.41) is 9.18. The summed E-state index contributed by atoms with van der Waals surface area (Å²) >= 11 is 0. The number of fused-ring (bicyclic) bond motifs is 2. The minimum atomic E-state index is -0.160. The molecule has 2 aromatic rings. The van der Waals surface area contributed by atoms with E-state index in [-0.39, 0.29) is 18.3 Å². The van der Waals surface area contributed by atoms with E-state index in [1.165, 1.54) is 16.7 Å². The van der Waals surface area contributed by atoms with Gasteiger partial charge in [-0.25, -0.2) is 4.39 Å². The van der Waals surface area contributed by atoms with Crippen LogP contribution < -0.4 is 0 Å². The summed E-state index contributed by atoms with van der Waals surface area (Å²) in [5.74, 6) is 0.453. The zero-order valence-electron chi connectivity index (χ0n) is 12.3. The van der Waals surface area contributed by atoms with Crippen LogP contribution >= 0.6 is 0 Å². The monoisotopic (exact) mass is 284 g/mol. The smallest absolute Gasteiger partial charge is 0.123 e. The van der Waals surface area contributed by atoms with Gasteiger partial charge in [0.2, 0.25) is 0 Å². The van der Waals surface area contributed by atoms with Gasteiger partial charge in [-0.05, 0) is 65.5 Å². The summed E-state index contributed by atoms with van der Waals surface area (Å²) in [5.41, 5.74) is 5.03. The first-order valence-corrected chi connectivity index (χ1v) is 7.67. The Morgan fingerprint density at radius 2 is 1.86 bits per heavy atom. The molecule has 0 aromatic heterocycles. The largest absolute Gasteiger partial charge is 0.396 e. The van der Waals surface area contributed by atoms with Crippen LogP contribution in [0, 0.1) is 5.82 Å². The van der Waals surface area contributed by atoms with E-state index in [1.807, 2.05) is 6.07 Å². The summed E-state index contributed by atoms with van der Waals surface area (Å²) in [6, 6.07) is 13.7. The van der Waals surface area contributed by atoms with Gasteiger partial charge in [0.05, 0.1) is 0 Å². The van der Waals surface area contributed by atoms with Crippen LogP contribution in [-0.4, -0.2) is 11.7 Å². The second-order valence-electron chi connectivity index (χ2n) is 5.98. The van der Waals surface area contributed by atoms with E-state index in [9.17, 15) is 9.50 Å². The molecule has 2 aromatic carbocycles. The molecular formula is C19H21FO. The van der Waals surface area contributed by atoms with E-state index in [2.05, 4.69) is 31.2 Å². The molecule has 2 atom stereocenters. The second-order valence-corrected chi connectivity index (χ2v) is 5.98. The van der Waals surface area contributed by atoms with Crippen LogP contribution in [0.2, 0.25) is 0 Å². The lowest BCUT2D eigenvalue weighted by Gasteiger charge is -2.24. The van der Waals surface area contributed by atoms with Crippen molar-refractivity contribution in [3.05, 3.63) is 70.5 Å². The molecule has 21 heavy (non-hydrogen) atoms. The number of rotatable bonds is 3. The lowest BCUT2D eigenvalue weighted by Crippen LogP contribution is -2.10. The highest BCUT2D eigenvalue weighted by atomic mass is 19.1. The van der Waals surface area contributed by atoms with Gasteiger partial charge < -0.3 is 5.11 Å². The molecule has 2 heteroatoms. The fraction of sp³-hybridized carbons (Fsp3) is 0.368. The van der Waals surface area contributed by atoms with Crippen LogP contribution in [0.5, 0.6) is 0 Å². The predicted molar refractivity (Wildman–Crippen MR) is 83.1 cm³/mol. The molecule has 0 fully saturated rings. The van der Waals surface area contributed by atoms with Crippen molar-refractivity contribution in [1.82, 2.24) is 0 Å². The van der Waals surface area contributed by atoms with E-state index in [0.717, 1.165) is 24.8 Å². The van der Waals surface area contributed by atoms with E-state index >= 15 is 0 Å². The number of hydrogen-bond donors (Lipinski definition) is 1. The first kappa shape index (κ1) is 14.3. The van der Waals surface area contributed by atoms with Gasteiger partial charge in [-0.15, -0.1) is 0 Å². The topological polar surface area (TPSA) is 20.2 Å². The van der Waals surface area contributed by atoms with Gasteiger partial charge in [-0.3, -0.25) is 0 Å². The molecule has 0 heterocycles. The molecule has 3 rings (SSSR count). The standard InChI is InChI=1S/C19H21FO/c1-13-17(7-4-10-21)18-6-3-2-5-14(18)11-15-8-9-16(20)12-19(13)15/h2-3,5-6,8-9,12-13,17,21H,4,7,10-11H2,1H3/t13-,17-/m0/s1. The molecule has 0 saturated heterocycles. The van der Waals surface area contributed by atoms with Crippen molar-refractivity contribution in [2.75, 3.05) is 6.61 Å². The molecule has 0 saturated carbocycles. The third-order valence-corrected chi connectivity index (χ3v) is 4.71. The van der Waals surface area contributed by atoms with Crippen molar-refractivity contribution >= 4 is 0 Å². The Morgan fingerprint density at radius 3 is 2.67 bits per heavy atom. The van der Waals surface area contributed by atoms with Crippen molar-refractivity contribution in [3.8, 4) is 0 Å². The third-order valence-electron chi connectivity index (χ3n) is 4.71. The van der Waals surface area contributed by atoms with Crippen LogP contribution in [0.1, 0.15) is 53.9 Å². The molecule has 1 aliphatic carbocycles. The van der Waals surface area contributed by atoms with Crippen molar-refractivity contribution in [3.63, 3.8) is 0 Å². The van der Waals surface area contributed by atoms with Crippen LogP contribution in [0.25, 0.3) is 0 Å². The van der Waals surface area contributed by atoms with Crippen LogP contribution in [0.4, 0.5) is 4.39 Å². The van der Waals surface area contributed by atoms with E-state index < -0.39 is 0 Å². The number of halogens is 1. The highest BCUT2D eigenvalue weighted by molar-refractivity contribution is 5.45. The Bertz CT molecular complexity index is 635. The second kappa shape index (κ2) is 5.98. The third kappa shape index (κ3) is 2.73. The molecule has 0 radical (unpaired) electrons. The zero-order chi connectivity index (χ0) is 14.8. The number of aliphatic hydroxyl groups excluding tert-OH is 1. The van der Waals surface area contributed by atoms with Crippen LogP contribution in [0.15, 0.2) is 42.5 Å².